The van der Waals surface area contributed by atoms with Gasteiger partial charge >= 0.3 is 0 Å². The van der Waals surface area contributed by atoms with Gasteiger partial charge in [0.25, 0.3) is 0 Å². The Balaban J connectivity index is 2.10. The predicted octanol–water partition coefficient (Wildman–Crippen LogP) is 5.57. The maximum atomic E-state index is 13.2. The van der Waals surface area contributed by atoms with Crippen molar-refractivity contribution in [3.8, 4) is 5.75 Å². The topological polar surface area (TPSA) is 12.5 Å². The van der Waals surface area contributed by atoms with E-state index in [4.69, 9.17) is 16.3 Å². The molecular weight excluding hydrogens is 301 g/mol. The van der Waals surface area contributed by atoms with Crippen molar-refractivity contribution >= 4 is 23.0 Å². The van der Waals surface area contributed by atoms with Gasteiger partial charge in [0.05, 0.1) is 12.2 Å². The second-order valence-electron chi connectivity index (χ2n) is 5.67. The molecule has 2 aromatic carbocycles. The summed E-state index contributed by atoms with van der Waals surface area (Å²) in [5.74, 6) is 0.553. The van der Waals surface area contributed by atoms with Gasteiger partial charge in [0.15, 0.2) is 0 Å². The molecule has 1 aliphatic rings. The van der Waals surface area contributed by atoms with Crippen molar-refractivity contribution in [1.82, 2.24) is 0 Å². The first-order valence-corrected chi connectivity index (χ1v) is 7.96. The monoisotopic (exact) mass is 319 g/mol. The van der Waals surface area contributed by atoms with Crippen LogP contribution in [0, 0.1) is 5.82 Å². The minimum atomic E-state index is -0.258. The minimum absolute atomic E-state index is 0.231. The fraction of sp³-hybridized carbons (Fsp3) is 0.333. The number of hydrogen-bond donors (Lipinski definition) is 0. The zero-order valence-corrected chi connectivity index (χ0v) is 13.5. The maximum absolute atomic E-state index is 13.2. The van der Waals surface area contributed by atoms with Crippen LogP contribution in [0.3, 0.4) is 0 Å². The van der Waals surface area contributed by atoms with E-state index in [1.54, 1.807) is 12.1 Å². The van der Waals surface area contributed by atoms with Gasteiger partial charge in [-0.2, -0.15) is 0 Å². The van der Waals surface area contributed by atoms with Gasteiger partial charge < -0.3 is 9.64 Å². The average molecular weight is 320 g/mol. The number of fused-ring (bicyclic) bond motifs is 1. The Hall–Kier alpha value is -1.74. The highest BCUT2D eigenvalue weighted by molar-refractivity contribution is 6.30. The van der Waals surface area contributed by atoms with E-state index in [9.17, 15) is 4.39 Å². The minimum Gasteiger partial charge on any atom is -0.483 e. The summed E-state index contributed by atoms with van der Waals surface area (Å²) in [4.78, 5) is 2.18. The molecule has 0 bridgehead atoms. The van der Waals surface area contributed by atoms with Crippen LogP contribution in [-0.2, 0) is 0 Å². The molecule has 4 heteroatoms. The average Bonchev–Trinajstić information content (AvgIpc) is 2.54. The van der Waals surface area contributed by atoms with E-state index in [1.165, 1.54) is 12.1 Å². The number of halogens is 2. The first-order valence-electron chi connectivity index (χ1n) is 7.58. The van der Waals surface area contributed by atoms with Gasteiger partial charge in [-0.3, -0.25) is 0 Å². The standard InChI is InChI=1S/C18H19ClFNO/c1-3-18(4-2)12-21(15-8-6-14(20)7-9-15)16-10-5-13(19)11-17(16)22-18/h5-11H,3-4,12H2,1-2H3. The number of anilines is 2. The first-order chi connectivity index (χ1) is 10.6. The molecule has 0 amide bonds. The number of ether oxygens (including phenoxy) is 1. The molecule has 2 nitrogen and oxygen atoms in total. The molecule has 2 aromatic rings. The third-order valence-electron chi connectivity index (χ3n) is 4.41. The Kier molecular flexibility index (Phi) is 4.00. The highest BCUT2D eigenvalue weighted by Crippen LogP contribution is 2.44. The van der Waals surface area contributed by atoms with Crippen LogP contribution in [0.1, 0.15) is 26.7 Å². The summed E-state index contributed by atoms with van der Waals surface area (Å²) in [5.41, 5.74) is 1.67. The maximum Gasteiger partial charge on any atom is 0.145 e. The highest BCUT2D eigenvalue weighted by Gasteiger charge is 2.37. The van der Waals surface area contributed by atoms with E-state index in [-0.39, 0.29) is 11.4 Å². The van der Waals surface area contributed by atoms with E-state index in [2.05, 4.69) is 18.7 Å². The van der Waals surface area contributed by atoms with Gasteiger partial charge in [0.1, 0.15) is 17.2 Å². The Morgan fingerprint density at radius 1 is 1.14 bits per heavy atom. The van der Waals surface area contributed by atoms with Gasteiger partial charge in [-0.25, -0.2) is 4.39 Å². The molecule has 0 unspecified atom stereocenters. The van der Waals surface area contributed by atoms with Gasteiger partial charge in [-0.1, -0.05) is 25.4 Å². The summed E-state index contributed by atoms with van der Waals surface area (Å²) in [5, 5.41) is 0.654. The molecule has 0 aromatic heterocycles. The first kappa shape index (κ1) is 15.2. The molecule has 0 aliphatic carbocycles. The van der Waals surface area contributed by atoms with E-state index in [1.807, 2.05) is 18.2 Å². The lowest BCUT2D eigenvalue weighted by atomic mass is 9.93. The summed E-state index contributed by atoms with van der Waals surface area (Å²) in [6, 6.07) is 12.2. The van der Waals surface area contributed by atoms with Crippen molar-refractivity contribution in [1.29, 1.82) is 0 Å². The zero-order chi connectivity index (χ0) is 15.7. The third-order valence-corrected chi connectivity index (χ3v) is 4.65. The Morgan fingerprint density at radius 2 is 1.82 bits per heavy atom. The number of nitrogens with zero attached hydrogens (tertiary/aromatic N) is 1. The number of rotatable bonds is 3. The molecule has 0 N–H and O–H groups in total. The summed E-state index contributed by atoms with van der Waals surface area (Å²) in [7, 11) is 0. The summed E-state index contributed by atoms with van der Waals surface area (Å²) in [6.07, 6.45) is 1.79. The SMILES string of the molecule is CCC1(CC)CN(c2ccc(F)cc2)c2ccc(Cl)cc2O1. The second kappa shape index (κ2) is 5.81. The van der Waals surface area contributed by atoms with Crippen LogP contribution in [0.4, 0.5) is 15.8 Å². The smallest absolute Gasteiger partial charge is 0.145 e. The molecule has 3 rings (SSSR count). The van der Waals surface area contributed by atoms with Crippen LogP contribution in [-0.4, -0.2) is 12.1 Å². The quantitative estimate of drug-likeness (QED) is 0.733. The molecular formula is C18H19ClFNO. The van der Waals surface area contributed by atoms with Crippen molar-refractivity contribution in [3.63, 3.8) is 0 Å². The number of benzene rings is 2. The summed E-state index contributed by atoms with van der Waals surface area (Å²) < 4.78 is 19.5. The van der Waals surface area contributed by atoms with Crippen molar-refractivity contribution in [2.75, 3.05) is 11.4 Å². The van der Waals surface area contributed by atoms with Gasteiger partial charge in [0, 0.05) is 16.8 Å². The Morgan fingerprint density at radius 3 is 2.45 bits per heavy atom. The molecule has 1 heterocycles. The molecule has 1 aliphatic heterocycles. The van der Waals surface area contributed by atoms with Gasteiger partial charge in [-0.05, 0) is 49.2 Å². The van der Waals surface area contributed by atoms with Gasteiger partial charge in [0.2, 0.25) is 0 Å². The van der Waals surface area contributed by atoms with E-state index < -0.39 is 0 Å². The van der Waals surface area contributed by atoms with Crippen molar-refractivity contribution in [2.45, 2.75) is 32.3 Å². The van der Waals surface area contributed by atoms with Crippen LogP contribution in [0.2, 0.25) is 5.02 Å². The molecule has 0 atom stereocenters. The molecule has 22 heavy (non-hydrogen) atoms. The van der Waals surface area contributed by atoms with E-state index in [0.717, 1.165) is 36.5 Å². The lowest BCUT2D eigenvalue weighted by molar-refractivity contribution is 0.0607. The number of hydrogen-bond acceptors (Lipinski definition) is 2. The predicted molar refractivity (Wildman–Crippen MR) is 88.8 cm³/mol. The fourth-order valence-corrected chi connectivity index (χ4v) is 3.06. The van der Waals surface area contributed by atoms with Crippen LogP contribution >= 0.6 is 11.6 Å². The largest absolute Gasteiger partial charge is 0.483 e. The zero-order valence-electron chi connectivity index (χ0n) is 12.8. The Bertz CT molecular complexity index is 667. The Labute approximate surface area is 135 Å². The van der Waals surface area contributed by atoms with Crippen molar-refractivity contribution in [3.05, 3.63) is 53.3 Å². The molecule has 0 fully saturated rings. The molecule has 0 radical (unpaired) electrons. The summed E-state index contributed by atoms with van der Waals surface area (Å²) in [6.45, 7) is 4.99. The summed E-state index contributed by atoms with van der Waals surface area (Å²) >= 11 is 6.12. The fourth-order valence-electron chi connectivity index (χ4n) is 2.90. The van der Waals surface area contributed by atoms with E-state index in [0.29, 0.717) is 5.02 Å². The van der Waals surface area contributed by atoms with Crippen molar-refractivity contribution < 1.29 is 9.13 Å². The molecule has 116 valence electrons. The van der Waals surface area contributed by atoms with Crippen LogP contribution < -0.4 is 9.64 Å². The lowest BCUT2D eigenvalue weighted by Crippen LogP contribution is -2.48. The van der Waals surface area contributed by atoms with Crippen LogP contribution in [0.15, 0.2) is 42.5 Å². The molecule has 0 saturated heterocycles. The van der Waals surface area contributed by atoms with Crippen molar-refractivity contribution in [2.24, 2.45) is 0 Å². The highest BCUT2D eigenvalue weighted by atomic mass is 35.5. The third kappa shape index (κ3) is 2.66. The van der Waals surface area contributed by atoms with E-state index >= 15 is 0 Å². The second-order valence-corrected chi connectivity index (χ2v) is 6.10. The van der Waals surface area contributed by atoms with Crippen LogP contribution in [0.5, 0.6) is 5.75 Å². The van der Waals surface area contributed by atoms with Crippen LogP contribution in [0.25, 0.3) is 0 Å². The molecule has 0 spiro atoms. The normalized spacial score (nSPS) is 16.1. The lowest BCUT2D eigenvalue weighted by Gasteiger charge is -2.44. The van der Waals surface area contributed by atoms with Gasteiger partial charge in [-0.15, -0.1) is 0 Å². The molecule has 0 saturated carbocycles.